The highest BCUT2D eigenvalue weighted by Gasteiger charge is 2.03. The Hall–Kier alpha value is -1.23. The van der Waals surface area contributed by atoms with Gasteiger partial charge in [-0.25, -0.2) is 0 Å². The van der Waals surface area contributed by atoms with Crippen LogP contribution in [0.1, 0.15) is 6.42 Å². The summed E-state index contributed by atoms with van der Waals surface area (Å²) in [4.78, 5) is 10.9. The van der Waals surface area contributed by atoms with Gasteiger partial charge in [-0.05, 0) is 28.1 Å². The average Bonchev–Trinajstić information content (AvgIpc) is 2.23. The molecule has 0 aliphatic rings. The van der Waals surface area contributed by atoms with Gasteiger partial charge in [-0.3, -0.25) is 4.79 Å². The largest absolute Gasteiger partial charge is 0.492 e. The third kappa shape index (κ3) is 3.79. The lowest BCUT2D eigenvalue weighted by atomic mass is 10.3. The third-order valence-electron chi connectivity index (χ3n) is 1.82. The van der Waals surface area contributed by atoms with Gasteiger partial charge in [0, 0.05) is 18.8 Å². The van der Waals surface area contributed by atoms with Gasteiger partial charge >= 0.3 is 0 Å². The number of nitrogens with one attached hydrogen (secondary N) is 1. The van der Waals surface area contributed by atoms with Crippen molar-refractivity contribution in [3.8, 4) is 5.75 Å². The summed E-state index contributed by atoms with van der Waals surface area (Å²) in [5.41, 5.74) is 6.24. The SMILES string of the molecule is CNC(=O)CCOc1cc(N)ccc1Br. The van der Waals surface area contributed by atoms with Gasteiger partial charge in [0.25, 0.3) is 0 Å². The minimum Gasteiger partial charge on any atom is -0.492 e. The Kier molecular flexibility index (Phi) is 4.42. The molecule has 0 radical (unpaired) electrons. The van der Waals surface area contributed by atoms with Crippen molar-refractivity contribution in [3.05, 3.63) is 22.7 Å². The molecule has 4 nitrogen and oxygen atoms in total. The zero-order valence-corrected chi connectivity index (χ0v) is 10.0. The maximum absolute atomic E-state index is 10.9. The minimum absolute atomic E-state index is 0.0463. The van der Waals surface area contributed by atoms with E-state index in [-0.39, 0.29) is 5.91 Å². The van der Waals surface area contributed by atoms with Crippen LogP contribution in [-0.2, 0) is 4.79 Å². The Morgan fingerprint density at radius 2 is 2.33 bits per heavy atom. The van der Waals surface area contributed by atoms with E-state index >= 15 is 0 Å². The number of amides is 1. The van der Waals surface area contributed by atoms with Gasteiger partial charge in [0.05, 0.1) is 17.5 Å². The van der Waals surface area contributed by atoms with Gasteiger partial charge in [-0.15, -0.1) is 0 Å². The highest BCUT2D eigenvalue weighted by atomic mass is 79.9. The molecule has 0 saturated carbocycles. The number of carbonyl (C=O) groups is 1. The summed E-state index contributed by atoms with van der Waals surface area (Å²) in [6, 6.07) is 5.30. The summed E-state index contributed by atoms with van der Waals surface area (Å²) in [6.45, 7) is 0.335. The zero-order chi connectivity index (χ0) is 11.3. The van der Waals surface area contributed by atoms with Crippen molar-refractivity contribution in [2.75, 3.05) is 19.4 Å². The van der Waals surface area contributed by atoms with E-state index in [1.54, 1.807) is 19.2 Å². The Bertz CT molecular complexity index is 355. The van der Waals surface area contributed by atoms with E-state index in [9.17, 15) is 4.79 Å². The van der Waals surface area contributed by atoms with Gasteiger partial charge in [-0.2, -0.15) is 0 Å². The molecule has 0 fully saturated rings. The first-order valence-electron chi connectivity index (χ1n) is 4.52. The van der Waals surface area contributed by atoms with E-state index in [4.69, 9.17) is 10.5 Å². The van der Waals surface area contributed by atoms with Crippen LogP contribution in [-0.4, -0.2) is 19.6 Å². The second-order valence-electron chi connectivity index (χ2n) is 2.96. The van der Waals surface area contributed by atoms with Crippen LogP contribution in [0.15, 0.2) is 22.7 Å². The number of hydrogen-bond donors (Lipinski definition) is 2. The summed E-state index contributed by atoms with van der Waals surface area (Å²) in [5.74, 6) is 0.605. The highest BCUT2D eigenvalue weighted by molar-refractivity contribution is 9.10. The standard InChI is InChI=1S/C10H13BrN2O2/c1-13-10(14)4-5-15-9-6-7(12)2-3-8(9)11/h2-3,6H,4-5,12H2,1H3,(H,13,14). The lowest BCUT2D eigenvalue weighted by Gasteiger charge is -2.08. The molecule has 0 atom stereocenters. The average molecular weight is 273 g/mol. The number of halogens is 1. The maximum atomic E-state index is 10.9. The molecule has 1 rings (SSSR count). The van der Waals surface area contributed by atoms with Crippen molar-refractivity contribution < 1.29 is 9.53 Å². The van der Waals surface area contributed by atoms with Gasteiger partial charge in [0.2, 0.25) is 5.91 Å². The predicted octanol–water partition coefficient (Wildman–Crippen LogP) is 1.55. The van der Waals surface area contributed by atoms with Gasteiger partial charge in [0.1, 0.15) is 5.75 Å². The number of hydrogen-bond acceptors (Lipinski definition) is 3. The molecule has 3 N–H and O–H groups in total. The summed E-state index contributed by atoms with van der Waals surface area (Å²) in [5, 5.41) is 2.52. The fourth-order valence-corrected chi connectivity index (χ4v) is 1.37. The molecule has 0 heterocycles. The molecule has 0 bridgehead atoms. The van der Waals surface area contributed by atoms with Gasteiger partial charge < -0.3 is 15.8 Å². The smallest absolute Gasteiger partial charge is 0.223 e. The Morgan fingerprint density at radius 1 is 1.60 bits per heavy atom. The molecule has 5 heteroatoms. The van der Waals surface area contributed by atoms with Crippen molar-refractivity contribution >= 4 is 27.5 Å². The number of nitrogen functional groups attached to an aromatic ring is 1. The number of benzene rings is 1. The van der Waals surface area contributed by atoms with Crippen LogP contribution in [0.3, 0.4) is 0 Å². The molecule has 0 aromatic heterocycles. The molecule has 15 heavy (non-hydrogen) atoms. The van der Waals surface area contributed by atoms with Crippen molar-refractivity contribution in [1.29, 1.82) is 0 Å². The van der Waals surface area contributed by atoms with Crippen LogP contribution in [0.2, 0.25) is 0 Å². The normalized spacial score (nSPS) is 9.73. The molecule has 1 aromatic carbocycles. The number of anilines is 1. The summed E-state index contributed by atoms with van der Waals surface area (Å²) < 4.78 is 6.23. The highest BCUT2D eigenvalue weighted by Crippen LogP contribution is 2.26. The van der Waals surface area contributed by atoms with Crippen LogP contribution >= 0.6 is 15.9 Å². The fourth-order valence-electron chi connectivity index (χ4n) is 1.01. The first-order chi connectivity index (χ1) is 7.13. The lowest BCUT2D eigenvalue weighted by molar-refractivity contribution is -0.121. The van der Waals surface area contributed by atoms with E-state index in [0.29, 0.717) is 24.5 Å². The summed E-state index contributed by atoms with van der Waals surface area (Å²) >= 11 is 3.33. The van der Waals surface area contributed by atoms with E-state index in [1.807, 2.05) is 6.07 Å². The van der Waals surface area contributed by atoms with E-state index in [2.05, 4.69) is 21.2 Å². The molecule has 0 aliphatic carbocycles. The number of nitrogens with two attached hydrogens (primary N) is 1. The molecule has 82 valence electrons. The molecular weight excluding hydrogens is 260 g/mol. The molecule has 0 saturated heterocycles. The molecular formula is C10H13BrN2O2. The van der Waals surface area contributed by atoms with Crippen molar-refractivity contribution in [1.82, 2.24) is 5.32 Å². The third-order valence-corrected chi connectivity index (χ3v) is 2.48. The summed E-state index contributed by atoms with van der Waals surface area (Å²) in [7, 11) is 1.60. The lowest BCUT2D eigenvalue weighted by Crippen LogP contribution is -2.20. The van der Waals surface area contributed by atoms with Crippen molar-refractivity contribution in [2.45, 2.75) is 6.42 Å². The first-order valence-corrected chi connectivity index (χ1v) is 5.31. The Balaban J connectivity index is 2.50. The zero-order valence-electron chi connectivity index (χ0n) is 8.42. The van der Waals surface area contributed by atoms with Gasteiger partial charge in [0.15, 0.2) is 0 Å². The van der Waals surface area contributed by atoms with E-state index in [0.717, 1.165) is 4.47 Å². The first kappa shape index (κ1) is 11.8. The van der Waals surface area contributed by atoms with Crippen LogP contribution in [0.5, 0.6) is 5.75 Å². The Labute approximate surface area is 96.9 Å². The van der Waals surface area contributed by atoms with Crippen LogP contribution in [0.25, 0.3) is 0 Å². The number of ether oxygens (including phenoxy) is 1. The predicted molar refractivity (Wildman–Crippen MR) is 62.7 cm³/mol. The number of carbonyl (C=O) groups excluding carboxylic acids is 1. The topological polar surface area (TPSA) is 64.3 Å². The second-order valence-corrected chi connectivity index (χ2v) is 3.82. The van der Waals surface area contributed by atoms with Crippen LogP contribution in [0, 0.1) is 0 Å². The molecule has 1 aromatic rings. The van der Waals surface area contributed by atoms with E-state index in [1.165, 1.54) is 0 Å². The van der Waals surface area contributed by atoms with Gasteiger partial charge in [-0.1, -0.05) is 0 Å². The van der Waals surface area contributed by atoms with Crippen molar-refractivity contribution in [3.63, 3.8) is 0 Å². The molecule has 0 spiro atoms. The molecule has 0 aliphatic heterocycles. The second kappa shape index (κ2) is 5.60. The minimum atomic E-state index is -0.0463. The maximum Gasteiger partial charge on any atom is 0.223 e. The van der Waals surface area contributed by atoms with Crippen LogP contribution < -0.4 is 15.8 Å². The molecule has 1 amide bonds. The summed E-state index contributed by atoms with van der Waals surface area (Å²) in [6.07, 6.45) is 0.331. The van der Waals surface area contributed by atoms with E-state index < -0.39 is 0 Å². The van der Waals surface area contributed by atoms with Crippen LogP contribution in [0.4, 0.5) is 5.69 Å². The Morgan fingerprint density at radius 3 is 3.00 bits per heavy atom. The number of rotatable bonds is 4. The fraction of sp³-hybridized carbons (Fsp3) is 0.300. The van der Waals surface area contributed by atoms with Crippen molar-refractivity contribution in [2.24, 2.45) is 0 Å². The monoisotopic (exact) mass is 272 g/mol. The quantitative estimate of drug-likeness (QED) is 0.818. The molecule has 0 unspecified atom stereocenters.